The molecule has 2 N–H and O–H groups in total. The van der Waals surface area contributed by atoms with Crippen LogP contribution in [0.25, 0.3) is 22.6 Å². The second-order valence-corrected chi connectivity index (χ2v) is 18.7. The number of thiocarbonyl (C=S) groups is 1. The largest absolute Gasteiger partial charge is 0.480 e. The maximum Gasteiger partial charge on any atom is 0.322 e. The molecule has 2 unspecified atom stereocenters. The van der Waals surface area contributed by atoms with Gasteiger partial charge in [0.05, 0.1) is 4.53 Å². The van der Waals surface area contributed by atoms with Gasteiger partial charge < -0.3 is 15.3 Å². The molecule has 12 heteroatoms. The lowest BCUT2D eigenvalue weighted by atomic mass is 9.95. The molecule has 2 amide bonds. The van der Waals surface area contributed by atoms with Gasteiger partial charge in [-0.15, -0.1) is 11.3 Å². The van der Waals surface area contributed by atoms with Gasteiger partial charge in [-0.3, -0.25) is 28.6 Å². The van der Waals surface area contributed by atoms with Crippen LogP contribution in [0.4, 0.5) is 11.4 Å². The van der Waals surface area contributed by atoms with Crippen molar-refractivity contribution in [2.24, 2.45) is 0 Å². The number of hydrogen-bond acceptors (Lipinski definition) is 8. The first-order valence-corrected chi connectivity index (χ1v) is 23.6. The lowest BCUT2D eigenvalue weighted by molar-refractivity contribution is -0.138. The van der Waals surface area contributed by atoms with E-state index in [0.717, 1.165) is 114 Å². The highest BCUT2D eigenvalue weighted by molar-refractivity contribution is 8.30. The molecule has 1 aliphatic carbocycles. The van der Waals surface area contributed by atoms with Gasteiger partial charge in [-0.25, -0.2) is 0 Å². The normalized spacial score (nSPS) is 18.0. The molecule has 2 fully saturated rings. The fourth-order valence-corrected chi connectivity index (χ4v) is 11.5. The molecular weight excluding hydrogens is 833 g/mol. The molecule has 3 aliphatic rings. The minimum Gasteiger partial charge on any atom is -0.480 e. The third-order valence-corrected chi connectivity index (χ3v) is 14.6. The molecule has 0 spiro atoms. The van der Waals surface area contributed by atoms with Crippen molar-refractivity contribution < 1.29 is 19.5 Å². The number of carbonyl (C=O) groups excluding carboxylic acids is 2. The Kier molecular flexibility index (Phi) is 13.7. The number of hydrogen-bond donors (Lipinski definition) is 2. The Morgan fingerprint density at radius 3 is 2.23 bits per heavy atom. The van der Waals surface area contributed by atoms with Gasteiger partial charge in [-0.1, -0.05) is 148 Å². The summed E-state index contributed by atoms with van der Waals surface area (Å²) < 4.78 is 2.43. The van der Waals surface area contributed by atoms with Crippen LogP contribution in [0.15, 0.2) is 108 Å². The van der Waals surface area contributed by atoms with Gasteiger partial charge in [-0.2, -0.15) is 0 Å². The SMILES string of the molecule is CCCCCCCCN1C(=O)/C(=c2\s/c(=C/c3ccc4c(c3)C3CCCC3N4c3ccc(C=C(c4ccccc4)c4ccccc4)cc3)c(=O)n2CC(=O)NCC(=O)O)SC1=S. The van der Waals surface area contributed by atoms with Crippen molar-refractivity contribution in [2.45, 2.75) is 83.2 Å². The van der Waals surface area contributed by atoms with Crippen molar-refractivity contribution in [3.05, 3.63) is 150 Å². The molecule has 1 saturated heterocycles. The van der Waals surface area contributed by atoms with Crippen molar-refractivity contribution in [2.75, 3.05) is 18.0 Å². The van der Waals surface area contributed by atoms with Gasteiger partial charge in [-0.05, 0) is 89.1 Å². The Morgan fingerprint density at radius 1 is 0.855 bits per heavy atom. The molecule has 2 atom stereocenters. The fourth-order valence-electron chi connectivity index (χ4n) is 8.89. The van der Waals surface area contributed by atoms with E-state index in [-0.39, 0.29) is 5.91 Å². The van der Waals surface area contributed by atoms with E-state index < -0.39 is 30.5 Å². The first kappa shape index (κ1) is 43.1. The second kappa shape index (κ2) is 19.7. The Bertz CT molecular complexity index is 2650. The van der Waals surface area contributed by atoms with Crippen LogP contribution in [-0.2, 0) is 20.9 Å². The quantitative estimate of drug-likeness (QED) is 0.0576. The Labute approximate surface area is 375 Å². The summed E-state index contributed by atoms with van der Waals surface area (Å²) in [5.41, 5.74) is 8.59. The first-order chi connectivity index (χ1) is 30.2. The summed E-state index contributed by atoms with van der Waals surface area (Å²) in [6.07, 6.45) is 13.8. The van der Waals surface area contributed by atoms with Gasteiger partial charge in [0.15, 0.2) is 0 Å². The van der Waals surface area contributed by atoms with E-state index in [1.807, 2.05) is 24.3 Å². The number of unbranched alkanes of at least 4 members (excludes halogenated alkanes) is 5. The van der Waals surface area contributed by atoms with E-state index in [0.29, 0.717) is 36.9 Å². The molecule has 0 radical (unpaired) electrons. The van der Waals surface area contributed by atoms with Gasteiger partial charge in [0.1, 0.15) is 27.0 Å². The molecule has 8 rings (SSSR count). The summed E-state index contributed by atoms with van der Waals surface area (Å²) in [7, 11) is 0. The number of fused-ring (bicyclic) bond motifs is 3. The molecule has 0 bridgehead atoms. The zero-order valence-electron chi connectivity index (χ0n) is 34.8. The number of aliphatic carboxylic acids is 1. The minimum absolute atomic E-state index is 0.275. The number of carboxylic acid groups (broad SMARTS) is 1. The Morgan fingerprint density at radius 2 is 1.53 bits per heavy atom. The number of amides is 2. The number of thioether (sulfide) groups is 1. The summed E-state index contributed by atoms with van der Waals surface area (Å²) in [5, 5.41) is 11.5. The average molecular weight is 883 g/mol. The smallest absolute Gasteiger partial charge is 0.322 e. The van der Waals surface area contributed by atoms with Crippen LogP contribution >= 0.6 is 35.3 Å². The highest BCUT2D eigenvalue weighted by Gasteiger charge is 2.42. The number of carboxylic acids is 1. The molecule has 1 saturated carbocycles. The van der Waals surface area contributed by atoms with E-state index in [2.05, 4.69) is 108 Å². The van der Waals surface area contributed by atoms with Crippen LogP contribution in [0.5, 0.6) is 0 Å². The first-order valence-electron chi connectivity index (χ1n) is 21.5. The zero-order chi connectivity index (χ0) is 43.2. The Balaban J connectivity index is 1.10. The number of anilines is 2. The van der Waals surface area contributed by atoms with Crippen LogP contribution in [0.3, 0.4) is 0 Å². The number of rotatable bonds is 16. The van der Waals surface area contributed by atoms with Gasteiger partial charge in [0.2, 0.25) is 5.91 Å². The maximum atomic E-state index is 14.2. The molecule has 3 heterocycles. The molecule has 2 aliphatic heterocycles. The Hall–Kier alpha value is -5.56. The van der Waals surface area contributed by atoms with Crippen molar-refractivity contribution in [1.29, 1.82) is 0 Å². The third kappa shape index (κ3) is 9.42. The lowest BCUT2D eigenvalue weighted by Crippen LogP contribution is -2.40. The maximum absolute atomic E-state index is 14.2. The van der Waals surface area contributed by atoms with E-state index in [4.69, 9.17) is 17.3 Å². The molecular formula is C50H50N4O5S3. The van der Waals surface area contributed by atoms with E-state index in [1.165, 1.54) is 16.6 Å². The fraction of sp³-hybridized carbons (Fsp3) is 0.300. The monoisotopic (exact) mass is 882 g/mol. The molecule has 1 aromatic heterocycles. The number of carbonyl (C=O) groups is 3. The molecule has 4 aromatic carbocycles. The third-order valence-electron chi connectivity index (χ3n) is 11.9. The standard InChI is InChI=1S/C50H50N4O5S3/c1-2-3-4-5-6-13-27-52-48(59)46(62-50(52)60)49-53(32-44(55)51-31-45(56)57)47(58)43(61-49)30-34-23-26-42-40(29-34)38-19-14-20-41(38)54(42)37-24-21-33(22-25-37)28-39(35-15-9-7-10-16-35)36-17-11-8-12-18-36/h7-12,15-18,21-26,28-30,38,41H,2-6,13-14,19-20,27,31-32H2,1H3,(H,51,55)(H,56,57)/b43-30+,49-46+. The average Bonchev–Trinajstić information content (AvgIpc) is 4.03. The van der Waals surface area contributed by atoms with Crippen LogP contribution in [-0.4, -0.2) is 55.8 Å². The topological polar surface area (TPSA) is 112 Å². The number of thiazole rings is 1. The van der Waals surface area contributed by atoms with Gasteiger partial charge in [0.25, 0.3) is 11.5 Å². The molecule has 9 nitrogen and oxygen atoms in total. The number of nitrogens with zero attached hydrogens (tertiary/aromatic N) is 3. The summed E-state index contributed by atoms with van der Waals surface area (Å²) in [5.74, 6) is -1.76. The number of benzene rings is 4. The van der Waals surface area contributed by atoms with Crippen LogP contribution in [0.2, 0.25) is 0 Å². The van der Waals surface area contributed by atoms with E-state index in [1.54, 1.807) is 4.90 Å². The van der Waals surface area contributed by atoms with Crippen LogP contribution in [0, 0.1) is 0 Å². The van der Waals surface area contributed by atoms with E-state index >= 15 is 0 Å². The van der Waals surface area contributed by atoms with Crippen molar-refractivity contribution in [1.82, 2.24) is 14.8 Å². The van der Waals surface area contributed by atoms with Crippen molar-refractivity contribution in [3.63, 3.8) is 0 Å². The summed E-state index contributed by atoms with van der Waals surface area (Å²) >= 11 is 7.96. The second-order valence-electron chi connectivity index (χ2n) is 16.1. The minimum atomic E-state index is -1.19. The molecule has 5 aromatic rings. The lowest BCUT2D eigenvalue weighted by Gasteiger charge is -2.27. The predicted octanol–water partition coefficient (Wildman–Crippen LogP) is 8.65. The molecule has 62 heavy (non-hydrogen) atoms. The summed E-state index contributed by atoms with van der Waals surface area (Å²) in [6, 6.07) is 36.4. The van der Waals surface area contributed by atoms with Gasteiger partial charge >= 0.3 is 5.97 Å². The van der Waals surface area contributed by atoms with Gasteiger partial charge in [0, 0.05) is 29.9 Å². The number of nitrogens with one attached hydrogen (secondary N) is 1. The van der Waals surface area contributed by atoms with Crippen molar-refractivity contribution >= 4 is 91.4 Å². The van der Waals surface area contributed by atoms with Crippen LogP contribution in [0.1, 0.15) is 98.4 Å². The molecule has 318 valence electrons. The highest BCUT2D eigenvalue weighted by Crippen LogP contribution is 2.52. The summed E-state index contributed by atoms with van der Waals surface area (Å²) in [4.78, 5) is 56.5. The summed E-state index contributed by atoms with van der Waals surface area (Å²) in [6.45, 7) is 1.67. The predicted molar refractivity (Wildman–Crippen MR) is 256 cm³/mol. The van der Waals surface area contributed by atoms with Crippen LogP contribution < -0.4 is 25.0 Å². The van der Waals surface area contributed by atoms with Crippen molar-refractivity contribution in [3.8, 4) is 0 Å². The highest BCUT2D eigenvalue weighted by atomic mass is 32.2. The van der Waals surface area contributed by atoms with E-state index in [9.17, 15) is 19.2 Å². The zero-order valence-corrected chi connectivity index (χ0v) is 37.2. The number of aromatic nitrogens is 1.